The van der Waals surface area contributed by atoms with Gasteiger partial charge in [0.2, 0.25) is 6.41 Å². The molecule has 0 saturated heterocycles. The van der Waals surface area contributed by atoms with Gasteiger partial charge in [-0.2, -0.15) is 0 Å². The molecule has 0 aromatic heterocycles. The van der Waals surface area contributed by atoms with Gasteiger partial charge in [0.25, 0.3) is 0 Å². The van der Waals surface area contributed by atoms with Crippen LogP contribution in [-0.2, 0) is 20.9 Å². The van der Waals surface area contributed by atoms with Crippen molar-refractivity contribution in [3.63, 3.8) is 0 Å². The molecule has 6 N–H and O–H groups in total. The van der Waals surface area contributed by atoms with E-state index in [2.05, 4.69) is 10.6 Å². The fraction of sp³-hybridized carbons (Fsp3) is 0.346. The quantitative estimate of drug-likeness (QED) is 0.151. The molecule has 10 nitrogen and oxygen atoms in total. The molecule has 2 aromatic carbocycles. The molecule has 1 aliphatic rings. The average Bonchev–Trinajstić information content (AvgIpc) is 2.89. The first-order chi connectivity index (χ1) is 17.5. The number of hydrazine groups is 1. The highest BCUT2D eigenvalue weighted by Crippen LogP contribution is 2.36. The van der Waals surface area contributed by atoms with Crippen molar-refractivity contribution < 1.29 is 19.1 Å². The zero-order valence-corrected chi connectivity index (χ0v) is 20.5. The number of unbranched alkanes of at least 4 members (excludes halogenated alkanes) is 1. The third-order valence-corrected chi connectivity index (χ3v) is 6.10. The lowest BCUT2D eigenvalue weighted by Gasteiger charge is -2.31. The highest BCUT2D eigenvalue weighted by molar-refractivity contribution is 5.96. The topological polar surface area (TPSA) is 143 Å². The van der Waals surface area contributed by atoms with Crippen molar-refractivity contribution in [2.45, 2.75) is 31.8 Å². The van der Waals surface area contributed by atoms with Crippen LogP contribution < -0.4 is 27.1 Å². The fourth-order valence-corrected chi connectivity index (χ4v) is 4.15. The molecule has 10 heteroatoms. The van der Waals surface area contributed by atoms with E-state index in [1.807, 2.05) is 48.5 Å². The molecule has 0 radical (unpaired) electrons. The molecule has 0 spiro atoms. The van der Waals surface area contributed by atoms with Crippen molar-refractivity contribution in [3.8, 4) is 0 Å². The second-order valence-corrected chi connectivity index (χ2v) is 8.45. The summed E-state index contributed by atoms with van der Waals surface area (Å²) in [6.45, 7) is 1.05. The molecule has 1 heterocycles. The molecule has 2 aromatic rings. The van der Waals surface area contributed by atoms with Crippen molar-refractivity contribution in [1.82, 2.24) is 15.6 Å². The van der Waals surface area contributed by atoms with Crippen molar-refractivity contribution in [2.75, 3.05) is 31.6 Å². The minimum atomic E-state index is -0.540. The second-order valence-electron chi connectivity index (χ2n) is 8.45. The molecule has 1 unspecified atom stereocenters. The summed E-state index contributed by atoms with van der Waals surface area (Å²) in [5.74, 6) is 6.44. The number of carbonyl (C=O) groups excluding carboxylic acids is 3. The van der Waals surface area contributed by atoms with E-state index < -0.39 is 6.09 Å². The zero-order chi connectivity index (χ0) is 25.9. The summed E-state index contributed by atoms with van der Waals surface area (Å²) in [5, 5.41) is 7.07. The Morgan fingerprint density at radius 1 is 1.14 bits per heavy atom. The van der Waals surface area contributed by atoms with Gasteiger partial charge >= 0.3 is 6.09 Å². The minimum Gasteiger partial charge on any atom is -0.448 e. The summed E-state index contributed by atoms with van der Waals surface area (Å²) in [6.07, 6.45) is 3.37. The molecule has 0 aliphatic carbocycles. The van der Waals surface area contributed by atoms with Gasteiger partial charge in [-0.05, 0) is 37.9 Å². The number of para-hydroxylation sites is 1. The Labute approximate surface area is 211 Å². The molecule has 36 heavy (non-hydrogen) atoms. The maximum absolute atomic E-state index is 12.1. The first kappa shape index (κ1) is 26.7. The van der Waals surface area contributed by atoms with Crippen LogP contribution in [0.4, 0.5) is 10.5 Å². The highest BCUT2D eigenvalue weighted by atomic mass is 16.5. The second kappa shape index (κ2) is 13.3. The van der Waals surface area contributed by atoms with Crippen LogP contribution in [0.25, 0.3) is 11.4 Å². The lowest BCUT2D eigenvalue weighted by atomic mass is 9.96. The lowest BCUT2D eigenvalue weighted by Crippen LogP contribution is -2.37. The van der Waals surface area contributed by atoms with E-state index >= 15 is 0 Å². The summed E-state index contributed by atoms with van der Waals surface area (Å²) < 4.78 is 5.29. The molecule has 2 amide bonds. The van der Waals surface area contributed by atoms with Gasteiger partial charge in [0, 0.05) is 17.7 Å². The Hall–Kier alpha value is -3.89. The van der Waals surface area contributed by atoms with Crippen LogP contribution >= 0.6 is 0 Å². The standard InChI is InChI=1S/C26H34N6O4/c1-29-20(17-33)9-6-7-13-30-26(35)36-15-14-32(28)25-22-11-4-5-12-23(22)31(18-34)16-19-8-2-3-10-21(19)24(25)27/h2-5,8,10-12,17-18,20,29H,6-7,9,13-16,27-28H2,1H3,(H,30,35)/b25-24-. The van der Waals surface area contributed by atoms with Gasteiger partial charge in [0.1, 0.15) is 12.9 Å². The van der Waals surface area contributed by atoms with Crippen LogP contribution in [0.3, 0.4) is 0 Å². The summed E-state index contributed by atoms with van der Waals surface area (Å²) in [4.78, 5) is 36.5. The number of ether oxygens (including phenoxy) is 1. The van der Waals surface area contributed by atoms with Gasteiger partial charge < -0.3 is 35.8 Å². The number of benzene rings is 2. The van der Waals surface area contributed by atoms with Gasteiger partial charge in [-0.15, -0.1) is 0 Å². The molecule has 0 saturated carbocycles. The number of aldehydes is 1. The number of nitrogens with one attached hydrogen (secondary N) is 2. The molecular weight excluding hydrogens is 460 g/mol. The van der Waals surface area contributed by atoms with E-state index in [-0.39, 0.29) is 19.2 Å². The number of anilines is 1. The van der Waals surface area contributed by atoms with E-state index in [4.69, 9.17) is 16.3 Å². The number of hydrogen-bond donors (Lipinski definition) is 4. The van der Waals surface area contributed by atoms with Crippen LogP contribution in [0.2, 0.25) is 0 Å². The Bertz CT molecular complexity index is 1090. The summed E-state index contributed by atoms with van der Waals surface area (Å²) >= 11 is 0. The number of nitrogens with zero attached hydrogens (tertiary/aromatic N) is 2. The van der Waals surface area contributed by atoms with E-state index in [9.17, 15) is 14.4 Å². The maximum atomic E-state index is 12.1. The van der Waals surface area contributed by atoms with E-state index in [1.54, 1.807) is 11.9 Å². The predicted molar refractivity (Wildman–Crippen MR) is 139 cm³/mol. The molecular formula is C26H34N6O4. The van der Waals surface area contributed by atoms with Crippen LogP contribution in [-0.4, -0.2) is 56.6 Å². The van der Waals surface area contributed by atoms with Crippen molar-refractivity contribution >= 4 is 35.9 Å². The number of alkyl carbamates (subject to hydrolysis) is 1. The number of hydrogen-bond acceptors (Lipinski definition) is 8. The van der Waals surface area contributed by atoms with Crippen molar-refractivity contribution in [2.24, 2.45) is 11.6 Å². The molecule has 1 atom stereocenters. The Balaban J connectivity index is 1.66. The Kier molecular flexibility index (Phi) is 9.84. The van der Waals surface area contributed by atoms with Crippen LogP contribution in [0, 0.1) is 0 Å². The molecule has 0 fully saturated rings. The van der Waals surface area contributed by atoms with E-state index in [0.29, 0.717) is 42.2 Å². The normalized spacial score (nSPS) is 15.6. The minimum absolute atomic E-state index is 0.0350. The molecule has 1 aliphatic heterocycles. The smallest absolute Gasteiger partial charge is 0.407 e. The average molecular weight is 495 g/mol. The fourth-order valence-electron chi connectivity index (χ4n) is 4.15. The predicted octanol–water partition coefficient (Wildman–Crippen LogP) is 1.81. The number of fused-ring (bicyclic) bond motifs is 2. The lowest BCUT2D eigenvalue weighted by molar-refractivity contribution is -0.109. The van der Waals surface area contributed by atoms with E-state index in [1.165, 1.54) is 5.01 Å². The third-order valence-electron chi connectivity index (χ3n) is 6.10. The number of carbonyl (C=O) groups is 3. The van der Waals surface area contributed by atoms with Gasteiger partial charge in [-0.25, -0.2) is 10.6 Å². The highest BCUT2D eigenvalue weighted by Gasteiger charge is 2.25. The van der Waals surface area contributed by atoms with Gasteiger partial charge in [0.15, 0.2) is 0 Å². The zero-order valence-electron chi connectivity index (χ0n) is 20.5. The summed E-state index contributed by atoms with van der Waals surface area (Å²) in [5.41, 5.74) is 10.7. The number of nitrogens with two attached hydrogens (primary N) is 2. The van der Waals surface area contributed by atoms with E-state index in [0.717, 1.165) is 36.7 Å². The SMILES string of the molecule is CNC(C=O)CCCCNC(=O)OCCN(N)/C1=C(\N)c2ccccc2CN(C=O)c2ccccc21. The van der Waals surface area contributed by atoms with Crippen molar-refractivity contribution in [1.29, 1.82) is 0 Å². The first-order valence-electron chi connectivity index (χ1n) is 11.9. The molecule has 192 valence electrons. The molecule has 3 rings (SSSR count). The summed E-state index contributed by atoms with van der Waals surface area (Å²) in [7, 11) is 1.74. The third kappa shape index (κ3) is 6.61. The Morgan fingerprint density at radius 2 is 1.86 bits per heavy atom. The van der Waals surface area contributed by atoms with Gasteiger partial charge in [-0.3, -0.25) is 4.79 Å². The molecule has 0 bridgehead atoms. The largest absolute Gasteiger partial charge is 0.448 e. The van der Waals surface area contributed by atoms with Crippen LogP contribution in [0.15, 0.2) is 48.5 Å². The monoisotopic (exact) mass is 494 g/mol. The van der Waals surface area contributed by atoms with Crippen molar-refractivity contribution in [3.05, 3.63) is 65.2 Å². The van der Waals surface area contributed by atoms with Crippen LogP contribution in [0.1, 0.15) is 36.0 Å². The van der Waals surface area contributed by atoms with Gasteiger partial charge in [0.05, 0.1) is 36.2 Å². The maximum Gasteiger partial charge on any atom is 0.407 e. The first-order valence-corrected chi connectivity index (χ1v) is 11.9. The Morgan fingerprint density at radius 3 is 2.58 bits per heavy atom. The number of likely N-dealkylation sites (N-methyl/N-ethyl adjacent to an activating group) is 1. The van der Waals surface area contributed by atoms with Gasteiger partial charge in [-0.1, -0.05) is 42.5 Å². The number of rotatable bonds is 12. The number of amides is 2. The van der Waals surface area contributed by atoms with Crippen LogP contribution in [0.5, 0.6) is 0 Å². The summed E-state index contributed by atoms with van der Waals surface area (Å²) in [6, 6.07) is 14.8.